The van der Waals surface area contributed by atoms with Crippen LogP contribution in [-0.2, 0) is 9.31 Å². The molecule has 1 aliphatic heterocycles. The second-order valence-corrected chi connectivity index (χ2v) is 6.19. The zero-order valence-electron chi connectivity index (χ0n) is 12.1. The molecule has 3 nitrogen and oxygen atoms in total. The number of hydrogen-bond acceptors (Lipinski definition) is 3. The van der Waals surface area contributed by atoms with Crippen LogP contribution in [0.25, 0.3) is 10.8 Å². The quantitative estimate of drug-likeness (QED) is 0.748. The number of pyridine rings is 1. The second-order valence-electron chi connectivity index (χ2n) is 6.19. The summed E-state index contributed by atoms with van der Waals surface area (Å²) >= 11 is 0. The fourth-order valence-corrected chi connectivity index (χ4v) is 2.29. The van der Waals surface area contributed by atoms with Gasteiger partial charge in [0.25, 0.3) is 0 Å². The molecule has 2 aromatic rings. The van der Waals surface area contributed by atoms with E-state index in [1.54, 1.807) is 12.3 Å². The van der Waals surface area contributed by atoms with E-state index in [0.29, 0.717) is 10.8 Å². The highest BCUT2D eigenvalue weighted by molar-refractivity contribution is 6.62. The van der Waals surface area contributed by atoms with Gasteiger partial charge in [0, 0.05) is 17.8 Å². The summed E-state index contributed by atoms with van der Waals surface area (Å²) in [5.74, 6) is -0.305. The maximum atomic E-state index is 14.1. The van der Waals surface area contributed by atoms with E-state index < -0.39 is 18.3 Å². The number of hydrogen-bond donors (Lipinski definition) is 0. The third kappa shape index (κ3) is 2.01. The first-order valence-electron chi connectivity index (χ1n) is 6.69. The van der Waals surface area contributed by atoms with Gasteiger partial charge in [0.1, 0.15) is 5.82 Å². The van der Waals surface area contributed by atoms with Crippen LogP contribution in [0.15, 0.2) is 30.6 Å². The summed E-state index contributed by atoms with van der Waals surface area (Å²) in [5, 5.41) is 1.30. The Morgan fingerprint density at radius 2 is 1.75 bits per heavy atom. The molecule has 1 aromatic carbocycles. The van der Waals surface area contributed by atoms with Gasteiger partial charge in [-0.2, -0.15) is 0 Å². The number of aromatic nitrogens is 1. The van der Waals surface area contributed by atoms with Crippen molar-refractivity contribution in [1.29, 1.82) is 0 Å². The molecule has 0 atom stereocenters. The minimum Gasteiger partial charge on any atom is -0.399 e. The highest BCUT2D eigenvalue weighted by atomic mass is 19.1. The Bertz CT molecular complexity index is 656. The van der Waals surface area contributed by atoms with Crippen molar-refractivity contribution in [1.82, 2.24) is 4.98 Å². The Hall–Kier alpha value is -1.46. The van der Waals surface area contributed by atoms with Crippen LogP contribution in [0.1, 0.15) is 27.7 Å². The minimum atomic E-state index is -0.549. The van der Waals surface area contributed by atoms with Gasteiger partial charge in [0.2, 0.25) is 0 Å². The Morgan fingerprint density at radius 3 is 2.40 bits per heavy atom. The van der Waals surface area contributed by atoms with Crippen LogP contribution in [0.4, 0.5) is 4.39 Å². The van der Waals surface area contributed by atoms with Crippen LogP contribution in [0.3, 0.4) is 0 Å². The van der Waals surface area contributed by atoms with Crippen molar-refractivity contribution in [2.75, 3.05) is 0 Å². The van der Waals surface area contributed by atoms with E-state index >= 15 is 0 Å². The molecule has 0 amide bonds. The molecule has 1 aliphatic rings. The van der Waals surface area contributed by atoms with E-state index in [1.807, 2.05) is 33.8 Å². The van der Waals surface area contributed by atoms with Crippen LogP contribution in [0.2, 0.25) is 0 Å². The lowest BCUT2D eigenvalue weighted by Crippen LogP contribution is -2.41. The number of rotatable bonds is 1. The fourth-order valence-electron chi connectivity index (χ4n) is 2.29. The van der Waals surface area contributed by atoms with Crippen molar-refractivity contribution in [3.63, 3.8) is 0 Å². The molecule has 0 saturated carbocycles. The molecule has 104 valence electrons. The molecule has 0 aliphatic carbocycles. The van der Waals surface area contributed by atoms with Crippen LogP contribution in [0.5, 0.6) is 0 Å². The Labute approximate surface area is 118 Å². The Kier molecular flexibility index (Phi) is 2.89. The topological polar surface area (TPSA) is 31.4 Å². The maximum Gasteiger partial charge on any atom is 0.494 e. The zero-order valence-corrected chi connectivity index (χ0v) is 12.1. The molecule has 0 N–H and O–H groups in total. The average Bonchev–Trinajstić information content (AvgIpc) is 2.58. The highest BCUT2D eigenvalue weighted by Gasteiger charge is 2.51. The van der Waals surface area contributed by atoms with Gasteiger partial charge in [0.05, 0.1) is 11.2 Å². The first-order chi connectivity index (χ1) is 9.30. The third-order valence-corrected chi connectivity index (χ3v) is 4.25. The van der Waals surface area contributed by atoms with Crippen molar-refractivity contribution in [2.45, 2.75) is 38.9 Å². The van der Waals surface area contributed by atoms with E-state index in [2.05, 4.69) is 4.98 Å². The van der Waals surface area contributed by atoms with E-state index in [9.17, 15) is 4.39 Å². The summed E-state index contributed by atoms with van der Waals surface area (Å²) < 4.78 is 26.0. The first kappa shape index (κ1) is 13.5. The summed E-state index contributed by atoms with van der Waals surface area (Å²) in [6, 6.07) is 5.14. The van der Waals surface area contributed by atoms with Gasteiger partial charge in [-0.25, -0.2) is 4.39 Å². The lowest BCUT2D eigenvalue weighted by molar-refractivity contribution is 0.00578. The largest absolute Gasteiger partial charge is 0.494 e. The van der Waals surface area contributed by atoms with Gasteiger partial charge >= 0.3 is 7.12 Å². The van der Waals surface area contributed by atoms with Crippen LogP contribution in [0, 0.1) is 5.82 Å². The van der Waals surface area contributed by atoms with Crippen molar-refractivity contribution < 1.29 is 13.7 Å². The molecule has 2 heterocycles. The first-order valence-corrected chi connectivity index (χ1v) is 6.69. The minimum absolute atomic E-state index is 0.305. The predicted octanol–water partition coefficient (Wildman–Crippen LogP) is 2.67. The molecule has 1 fully saturated rings. The van der Waals surface area contributed by atoms with Gasteiger partial charge in [-0.3, -0.25) is 4.98 Å². The van der Waals surface area contributed by atoms with Crippen molar-refractivity contribution >= 4 is 23.4 Å². The van der Waals surface area contributed by atoms with Crippen molar-refractivity contribution in [2.24, 2.45) is 0 Å². The Balaban J connectivity index is 2.04. The third-order valence-electron chi connectivity index (χ3n) is 4.25. The number of nitrogens with zero attached hydrogens (tertiary/aromatic N) is 1. The molecular formula is C15H17BFNO2. The molecule has 0 radical (unpaired) electrons. The average molecular weight is 273 g/mol. The van der Waals surface area contributed by atoms with Crippen molar-refractivity contribution in [3.05, 3.63) is 36.4 Å². The van der Waals surface area contributed by atoms with Crippen LogP contribution in [-0.4, -0.2) is 23.3 Å². The molecule has 0 spiro atoms. The number of benzene rings is 1. The number of halogens is 1. The molecule has 5 heteroatoms. The highest BCUT2D eigenvalue weighted by Crippen LogP contribution is 2.36. The molecular weight excluding hydrogens is 256 g/mol. The summed E-state index contributed by atoms with van der Waals surface area (Å²) in [7, 11) is -0.549. The van der Waals surface area contributed by atoms with Gasteiger partial charge < -0.3 is 9.31 Å². The molecule has 20 heavy (non-hydrogen) atoms. The lowest BCUT2D eigenvalue weighted by atomic mass is 9.78. The summed E-state index contributed by atoms with van der Waals surface area (Å²) in [6.07, 6.45) is 3.18. The maximum absolute atomic E-state index is 14.1. The van der Waals surface area contributed by atoms with Gasteiger partial charge in [-0.15, -0.1) is 0 Å². The van der Waals surface area contributed by atoms with Crippen LogP contribution < -0.4 is 5.46 Å². The smallest absolute Gasteiger partial charge is 0.399 e. The van der Waals surface area contributed by atoms with E-state index in [4.69, 9.17) is 9.31 Å². The molecule has 1 aromatic heterocycles. The monoisotopic (exact) mass is 273 g/mol. The second kappa shape index (κ2) is 4.27. The fraction of sp³-hybridized carbons (Fsp3) is 0.400. The zero-order chi connectivity index (χ0) is 14.5. The van der Waals surface area contributed by atoms with Gasteiger partial charge in [-0.05, 0) is 50.7 Å². The summed E-state index contributed by atoms with van der Waals surface area (Å²) in [6.45, 7) is 7.92. The lowest BCUT2D eigenvalue weighted by Gasteiger charge is -2.32. The normalized spacial score (nSPS) is 20.6. The molecule has 3 rings (SSSR count). The molecule has 0 bridgehead atoms. The summed E-state index contributed by atoms with van der Waals surface area (Å²) in [5.41, 5.74) is -0.164. The SMILES string of the molecule is CC1(C)OB(c2cc(F)c3cnccc3c2)OC1(C)C. The van der Waals surface area contributed by atoms with Gasteiger partial charge in [0.15, 0.2) is 0 Å². The van der Waals surface area contributed by atoms with Gasteiger partial charge in [-0.1, -0.05) is 6.07 Å². The van der Waals surface area contributed by atoms with E-state index in [1.165, 1.54) is 12.3 Å². The van der Waals surface area contributed by atoms with Crippen molar-refractivity contribution in [3.8, 4) is 0 Å². The van der Waals surface area contributed by atoms with E-state index in [-0.39, 0.29) is 5.82 Å². The Morgan fingerprint density at radius 1 is 1.10 bits per heavy atom. The predicted molar refractivity (Wildman–Crippen MR) is 77.4 cm³/mol. The molecule has 0 unspecified atom stereocenters. The van der Waals surface area contributed by atoms with Crippen LogP contribution >= 0.6 is 0 Å². The standard InChI is InChI=1S/C15H17BFNO2/c1-14(2)15(3,4)20-16(19-14)11-7-10-5-6-18-9-12(10)13(17)8-11/h5-9H,1-4H3. The van der Waals surface area contributed by atoms with E-state index in [0.717, 1.165) is 5.39 Å². The molecule has 1 saturated heterocycles. The number of fused-ring (bicyclic) bond motifs is 1. The summed E-state index contributed by atoms with van der Waals surface area (Å²) in [4.78, 5) is 3.94.